The van der Waals surface area contributed by atoms with Crippen molar-refractivity contribution in [3.8, 4) is 10.4 Å². The van der Waals surface area contributed by atoms with Crippen molar-refractivity contribution in [3.63, 3.8) is 0 Å². The fourth-order valence-corrected chi connectivity index (χ4v) is 4.86. The number of carbonyl (C=O) groups excluding carboxylic acids is 2. The highest BCUT2D eigenvalue weighted by molar-refractivity contribution is 8.15. The molecule has 24 heavy (non-hydrogen) atoms. The molecular weight excluding hydrogens is 340 g/mol. The van der Waals surface area contributed by atoms with E-state index in [1.165, 1.54) is 23.1 Å². The first-order chi connectivity index (χ1) is 11.3. The highest BCUT2D eigenvalue weighted by Gasteiger charge is 2.41. The van der Waals surface area contributed by atoms with Gasteiger partial charge in [0.05, 0.1) is 9.62 Å². The predicted octanol–water partition coefficient (Wildman–Crippen LogP) is 5.02. The third-order valence-electron chi connectivity index (χ3n) is 4.21. The van der Waals surface area contributed by atoms with Crippen LogP contribution in [-0.2, 0) is 11.2 Å². The molecule has 2 aromatic rings. The number of hydrogen-bond donors (Lipinski definition) is 1. The molecule has 1 aromatic heterocycles. The maximum Gasteiger partial charge on any atom is 0.219 e. The van der Waals surface area contributed by atoms with Gasteiger partial charge in [-0.25, -0.2) is 0 Å². The quantitative estimate of drug-likeness (QED) is 0.779. The van der Waals surface area contributed by atoms with Crippen LogP contribution in [0.25, 0.3) is 10.4 Å². The largest absolute Gasteiger partial charge is 0.510 e. The highest BCUT2D eigenvalue weighted by atomic mass is 32.2. The summed E-state index contributed by atoms with van der Waals surface area (Å²) in [6.45, 7) is 5.14. The summed E-state index contributed by atoms with van der Waals surface area (Å²) in [4.78, 5) is 25.0. The van der Waals surface area contributed by atoms with Gasteiger partial charge in [-0.15, -0.1) is 11.3 Å². The second kappa shape index (κ2) is 6.22. The average molecular weight is 358 g/mol. The Balaban J connectivity index is 1.80. The molecule has 2 heterocycles. The van der Waals surface area contributed by atoms with Crippen molar-refractivity contribution >= 4 is 34.0 Å². The normalized spacial score (nSPS) is 20.7. The molecule has 0 radical (unpaired) electrons. The van der Waals surface area contributed by atoms with Gasteiger partial charge in [-0.2, -0.15) is 0 Å². The maximum absolute atomic E-state index is 11.8. The topological polar surface area (TPSA) is 54.4 Å². The lowest BCUT2D eigenvalue weighted by atomic mass is 9.95. The van der Waals surface area contributed by atoms with Crippen LogP contribution in [0.5, 0.6) is 0 Å². The molecule has 0 spiro atoms. The average Bonchev–Trinajstić information content (AvgIpc) is 3.10. The fraction of sp³-hybridized carbons (Fsp3) is 0.263. The van der Waals surface area contributed by atoms with Crippen molar-refractivity contribution in [2.45, 2.75) is 31.9 Å². The van der Waals surface area contributed by atoms with Crippen molar-refractivity contribution in [2.24, 2.45) is 0 Å². The van der Waals surface area contributed by atoms with E-state index >= 15 is 0 Å². The predicted molar refractivity (Wildman–Crippen MR) is 99.8 cm³/mol. The van der Waals surface area contributed by atoms with E-state index in [4.69, 9.17) is 0 Å². The molecule has 0 aliphatic carbocycles. The molecule has 124 valence electrons. The third-order valence-corrected chi connectivity index (χ3v) is 6.73. The number of thiophene rings is 1. The molecule has 0 fully saturated rings. The first-order valence-electron chi connectivity index (χ1n) is 7.64. The lowest BCUT2D eigenvalue weighted by Gasteiger charge is -2.22. The van der Waals surface area contributed by atoms with E-state index in [1.807, 2.05) is 43.3 Å². The molecule has 0 bridgehead atoms. The van der Waals surface area contributed by atoms with Gasteiger partial charge in [-0.3, -0.25) is 9.59 Å². The molecule has 3 rings (SSSR count). The van der Waals surface area contributed by atoms with Crippen LogP contribution in [0.2, 0.25) is 0 Å². The molecule has 0 amide bonds. The summed E-state index contributed by atoms with van der Waals surface area (Å²) in [7, 11) is 0. The molecule has 1 atom stereocenters. The molecule has 0 saturated heterocycles. The number of aliphatic hydroxyl groups is 1. The summed E-state index contributed by atoms with van der Waals surface area (Å²) in [5.74, 6) is 0.266. The Hall–Kier alpha value is -1.85. The Morgan fingerprint density at radius 3 is 2.33 bits per heavy atom. The first kappa shape index (κ1) is 17.0. The van der Waals surface area contributed by atoms with Crippen LogP contribution in [0, 0.1) is 0 Å². The SMILES string of the molecule is CC(=O)c1ccc(-c2ccc(CC3(C)SC(=O)C(C)=C3O)cc2)s1. The van der Waals surface area contributed by atoms with E-state index in [-0.39, 0.29) is 16.7 Å². The van der Waals surface area contributed by atoms with E-state index in [0.29, 0.717) is 12.0 Å². The van der Waals surface area contributed by atoms with E-state index in [1.54, 1.807) is 13.8 Å². The number of aliphatic hydroxyl groups excluding tert-OH is 1. The number of carbonyl (C=O) groups is 2. The highest BCUT2D eigenvalue weighted by Crippen LogP contribution is 2.44. The zero-order chi connectivity index (χ0) is 17.5. The summed E-state index contributed by atoms with van der Waals surface area (Å²) in [5.41, 5.74) is 2.58. The summed E-state index contributed by atoms with van der Waals surface area (Å²) in [6.07, 6.45) is 0.593. The maximum atomic E-state index is 11.8. The van der Waals surface area contributed by atoms with Crippen molar-refractivity contribution in [2.75, 3.05) is 0 Å². The van der Waals surface area contributed by atoms with Gasteiger partial charge in [-0.05, 0) is 50.5 Å². The molecule has 1 aromatic carbocycles. The van der Waals surface area contributed by atoms with Crippen LogP contribution < -0.4 is 0 Å². The van der Waals surface area contributed by atoms with E-state index in [9.17, 15) is 14.7 Å². The second-order valence-electron chi connectivity index (χ2n) is 6.19. The van der Waals surface area contributed by atoms with Gasteiger partial charge < -0.3 is 5.11 Å². The monoisotopic (exact) mass is 358 g/mol. The molecule has 1 aliphatic rings. The van der Waals surface area contributed by atoms with Crippen LogP contribution in [-0.4, -0.2) is 20.8 Å². The van der Waals surface area contributed by atoms with Gasteiger partial charge in [0.2, 0.25) is 5.12 Å². The number of thioether (sulfide) groups is 1. The molecule has 1 aliphatic heterocycles. The summed E-state index contributed by atoms with van der Waals surface area (Å²) < 4.78 is -0.590. The van der Waals surface area contributed by atoms with Crippen LogP contribution in [0.1, 0.15) is 36.0 Å². The van der Waals surface area contributed by atoms with Crippen molar-refractivity contribution in [1.29, 1.82) is 0 Å². The van der Waals surface area contributed by atoms with Crippen LogP contribution in [0.4, 0.5) is 0 Å². The van der Waals surface area contributed by atoms with Gasteiger partial charge in [-0.1, -0.05) is 36.0 Å². The van der Waals surface area contributed by atoms with Gasteiger partial charge in [0.1, 0.15) is 5.76 Å². The molecule has 0 saturated carbocycles. The number of benzene rings is 1. The van der Waals surface area contributed by atoms with Crippen molar-refractivity contribution in [1.82, 2.24) is 0 Å². The Morgan fingerprint density at radius 2 is 1.83 bits per heavy atom. The lowest BCUT2D eigenvalue weighted by Crippen LogP contribution is -2.23. The molecule has 1 N–H and O–H groups in total. The number of rotatable bonds is 4. The first-order valence-corrected chi connectivity index (χ1v) is 9.27. The number of Topliss-reactive ketones (excluding diaryl/α,β-unsaturated/α-hetero) is 1. The lowest BCUT2D eigenvalue weighted by molar-refractivity contribution is -0.107. The van der Waals surface area contributed by atoms with Gasteiger partial charge >= 0.3 is 0 Å². The van der Waals surface area contributed by atoms with E-state index in [2.05, 4.69) is 0 Å². The number of hydrogen-bond acceptors (Lipinski definition) is 5. The second-order valence-corrected chi connectivity index (χ2v) is 8.75. The van der Waals surface area contributed by atoms with E-state index < -0.39 is 4.75 Å². The minimum absolute atomic E-state index is 0.0537. The zero-order valence-corrected chi connectivity index (χ0v) is 15.4. The zero-order valence-electron chi connectivity index (χ0n) is 13.8. The summed E-state index contributed by atoms with van der Waals surface area (Å²) >= 11 is 2.67. The molecule has 3 nitrogen and oxygen atoms in total. The van der Waals surface area contributed by atoms with Crippen LogP contribution >= 0.6 is 23.1 Å². The Morgan fingerprint density at radius 1 is 1.17 bits per heavy atom. The van der Waals surface area contributed by atoms with Crippen LogP contribution in [0.15, 0.2) is 47.7 Å². The van der Waals surface area contributed by atoms with Gasteiger partial charge in [0.15, 0.2) is 5.78 Å². The van der Waals surface area contributed by atoms with Crippen molar-refractivity contribution < 1.29 is 14.7 Å². The minimum atomic E-state index is -0.590. The standard InChI is InChI=1S/C19H18O3S2/c1-11-17(21)19(3,24-18(11)22)10-13-4-6-14(7-5-13)16-9-8-15(23-16)12(2)20/h4-9,21H,10H2,1-3H3. The van der Waals surface area contributed by atoms with Gasteiger partial charge in [0.25, 0.3) is 0 Å². The third kappa shape index (κ3) is 3.06. The molecule has 1 unspecified atom stereocenters. The Bertz CT molecular complexity index is 846. The van der Waals surface area contributed by atoms with E-state index in [0.717, 1.165) is 20.9 Å². The Labute approximate surface area is 149 Å². The van der Waals surface area contributed by atoms with Crippen LogP contribution in [0.3, 0.4) is 0 Å². The number of ketones is 1. The molecule has 5 heteroatoms. The Kier molecular flexibility index (Phi) is 4.40. The smallest absolute Gasteiger partial charge is 0.219 e. The summed E-state index contributed by atoms with van der Waals surface area (Å²) in [5, 5.41) is 10.2. The van der Waals surface area contributed by atoms with Gasteiger partial charge in [0, 0.05) is 10.5 Å². The summed E-state index contributed by atoms with van der Waals surface area (Å²) in [6, 6.07) is 11.9. The molecular formula is C19H18O3S2. The minimum Gasteiger partial charge on any atom is -0.510 e. The van der Waals surface area contributed by atoms with Crippen molar-refractivity contribution in [3.05, 3.63) is 58.2 Å². The fourth-order valence-electron chi connectivity index (χ4n) is 2.80.